The quantitative estimate of drug-likeness (QED) is 0.487. The third-order valence-electron chi connectivity index (χ3n) is 6.20. The predicted octanol–water partition coefficient (Wildman–Crippen LogP) is 4.35. The molecular formula is C25H27ClN2O5. The molecule has 7 nitrogen and oxygen atoms in total. The Labute approximate surface area is 197 Å². The summed E-state index contributed by atoms with van der Waals surface area (Å²) in [6.07, 6.45) is 0. The van der Waals surface area contributed by atoms with Gasteiger partial charge in [0.1, 0.15) is 5.58 Å². The maximum Gasteiger partial charge on any atom is 0.290 e. The Bertz CT molecular complexity index is 1250. The van der Waals surface area contributed by atoms with Crippen LogP contribution >= 0.6 is 11.6 Å². The van der Waals surface area contributed by atoms with Crippen LogP contribution in [0.3, 0.4) is 0 Å². The van der Waals surface area contributed by atoms with Crippen molar-refractivity contribution >= 4 is 28.5 Å². The van der Waals surface area contributed by atoms with Crippen LogP contribution < -0.4 is 14.9 Å². The van der Waals surface area contributed by atoms with Crippen molar-refractivity contribution in [3.05, 3.63) is 68.5 Å². The topological polar surface area (TPSA) is 72.2 Å². The molecule has 0 saturated heterocycles. The van der Waals surface area contributed by atoms with Gasteiger partial charge in [-0.2, -0.15) is 0 Å². The number of halogens is 1. The van der Waals surface area contributed by atoms with Crippen molar-refractivity contribution in [2.75, 3.05) is 40.4 Å². The van der Waals surface area contributed by atoms with E-state index in [0.29, 0.717) is 46.1 Å². The monoisotopic (exact) mass is 470 g/mol. The summed E-state index contributed by atoms with van der Waals surface area (Å²) in [4.78, 5) is 31.0. The molecule has 0 N–H and O–H groups in total. The minimum absolute atomic E-state index is 0.0779. The smallest absolute Gasteiger partial charge is 0.290 e. The lowest BCUT2D eigenvalue weighted by atomic mass is 9.98. The predicted molar refractivity (Wildman–Crippen MR) is 128 cm³/mol. The minimum Gasteiger partial charge on any atom is -0.493 e. The third kappa shape index (κ3) is 4.07. The molecule has 0 aliphatic carbocycles. The first-order chi connectivity index (χ1) is 15.9. The van der Waals surface area contributed by atoms with E-state index >= 15 is 0 Å². The third-order valence-corrected chi connectivity index (χ3v) is 6.44. The Morgan fingerprint density at radius 1 is 1.03 bits per heavy atom. The molecule has 1 aliphatic rings. The lowest BCUT2D eigenvalue weighted by molar-refractivity contribution is 0.0708. The minimum atomic E-state index is -0.609. The summed E-state index contributed by atoms with van der Waals surface area (Å²) in [5.74, 6) is 0.866. The standard InChI is InChI=1S/C25H27ClN2O5/c1-5-27(6-2)11-12-28-22(15-7-9-19(31-3)20(13-15)32-4)21-23(29)17-14-16(26)8-10-18(17)33-24(21)25(28)30/h7-10,13-14,22H,5-6,11-12H2,1-4H3. The van der Waals surface area contributed by atoms with Gasteiger partial charge in [-0.05, 0) is 49.0 Å². The molecule has 0 spiro atoms. The highest BCUT2D eigenvalue weighted by Crippen LogP contribution is 2.40. The van der Waals surface area contributed by atoms with Crippen LogP contribution in [0.1, 0.15) is 41.6 Å². The van der Waals surface area contributed by atoms with E-state index in [-0.39, 0.29) is 17.1 Å². The van der Waals surface area contributed by atoms with Crippen molar-refractivity contribution in [1.29, 1.82) is 0 Å². The number of methoxy groups -OCH3 is 2. The summed E-state index contributed by atoms with van der Waals surface area (Å²) in [7, 11) is 3.12. The van der Waals surface area contributed by atoms with Crippen LogP contribution in [0.5, 0.6) is 11.5 Å². The molecular weight excluding hydrogens is 444 g/mol. The van der Waals surface area contributed by atoms with Crippen molar-refractivity contribution in [2.24, 2.45) is 0 Å². The van der Waals surface area contributed by atoms with E-state index in [4.69, 9.17) is 25.5 Å². The first-order valence-electron chi connectivity index (χ1n) is 10.9. The molecule has 2 aromatic carbocycles. The molecule has 1 atom stereocenters. The Hall–Kier alpha value is -3.03. The fourth-order valence-corrected chi connectivity index (χ4v) is 4.55. The summed E-state index contributed by atoms with van der Waals surface area (Å²) in [6.45, 7) is 7.02. The van der Waals surface area contributed by atoms with Crippen LogP contribution in [0.25, 0.3) is 11.0 Å². The number of ether oxygens (including phenoxy) is 2. The molecule has 4 rings (SSSR count). The summed E-state index contributed by atoms with van der Waals surface area (Å²) in [5, 5.41) is 0.783. The molecule has 2 heterocycles. The zero-order chi connectivity index (χ0) is 23.7. The van der Waals surface area contributed by atoms with Gasteiger partial charge in [0.05, 0.1) is 31.2 Å². The summed E-state index contributed by atoms with van der Waals surface area (Å²) >= 11 is 6.15. The van der Waals surface area contributed by atoms with E-state index in [2.05, 4.69) is 18.7 Å². The summed E-state index contributed by atoms with van der Waals surface area (Å²) in [5.41, 5.74) is 1.15. The van der Waals surface area contributed by atoms with Crippen LogP contribution in [-0.2, 0) is 0 Å². The van der Waals surface area contributed by atoms with Gasteiger partial charge in [0, 0.05) is 18.1 Å². The zero-order valence-corrected chi connectivity index (χ0v) is 19.9. The number of fused-ring (bicyclic) bond motifs is 2. The van der Waals surface area contributed by atoms with Crippen LogP contribution in [0.4, 0.5) is 0 Å². The number of amides is 1. The molecule has 8 heteroatoms. The second kappa shape index (κ2) is 9.45. The highest BCUT2D eigenvalue weighted by atomic mass is 35.5. The Morgan fingerprint density at radius 3 is 2.42 bits per heavy atom. The molecule has 1 unspecified atom stereocenters. The lowest BCUT2D eigenvalue weighted by Crippen LogP contribution is -2.37. The Kier molecular flexibility index (Phi) is 6.63. The summed E-state index contributed by atoms with van der Waals surface area (Å²) < 4.78 is 16.8. The van der Waals surface area contributed by atoms with Gasteiger partial charge in [-0.1, -0.05) is 31.5 Å². The molecule has 1 aliphatic heterocycles. The lowest BCUT2D eigenvalue weighted by Gasteiger charge is -2.28. The molecule has 33 heavy (non-hydrogen) atoms. The highest BCUT2D eigenvalue weighted by molar-refractivity contribution is 6.31. The normalized spacial score (nSPS) is 15.4. The van der Waals surface area contributed by atoms with E-state index < -0.39 is 6.04 Å². The average Bonchev–Trinajstić information content (AvgIpc) is 3.11. The number of nitrogens with zero attached hydrogens (tertiary/aromatic N) is 2. The van der Waals surface area contributed by atoms with Crippen LogP contribution in [0.2, 0.25) is 5.02 Å². The SMILES string of the molecule is CCN(CC)CCN1C(=O)c2oc3ccc(Cl)cc3c(=O)c2C1c1ccc(OC)c(OC)c1. The fraction of sp³-hybridized carbons (Fsp3) is 0.360. The van der Waals surface area contributed by atoms with E-state index in [1.165, 1.54) is 0 Å². The molecule has 174 valence electrons. The van der Waals surface area contributed by atoms with Gasteiger partial charge in [0.15, 0.2) is 16.9 Å². The number of rotatable bonds is 8. The van der Waals surface area contributed by atoms with Crippen LogP contribution in [0.15, 0.2) is 45.6 Å². The maximum absolute atomic E-state index is 13.6. The highest BCUT2D eigenvalue weighted by Gasteiger charge is 2.43. The average molecular weight is 471 g/mol. The Morgan fingerprint density at radius 2 is 1.76 bits per heavy atom. The first-order valence-corrected chi connectivity index (χ1v) is 11.3. The van der Waals surface area contributed by atoms with Gasteiger partial charge in [0.2, 0.25) is 5.76 Å². The number of hydrogen-bond acceptors (Lipinski definition) is 6. The van der Waals surface area contributed by atoms with Crippen molar-refractivity contribution in [1.82, 2.24) is 9.80 Å². The number of carbonyl (C=O) groups excluding carboxylic acids is 1. The molecule has 1 aromatic heterocycles. The van der Waals surface area contributed by atoms with Crippen molar-refractivity contribution in [2.45, 2.75) is 19.9 Å². The number of likely N-dealkylation sites (N-methyl/N-ethyl adjacent to an activating group) is 1. The fourth-order valence-electron chi connectivity index (χ4n) is 4.38. The number of carbonyl (C=O) groups is 1. The van der Waals surface area contributed by atoms with E-state index in [1.807, 2.05) is 6.07 Å². The second-order valence-electron chi connectivity index (χ2n) is 7.86. The molecule has 0 radical (unpaired) electrons. The molecule has 1 amide bonds. The van der Waals surface area contributed by atoms with Crippen molar-refractivity contribution in [3.8, 4) is 11.5 Å². The molecule has 3 aromatic rings. The first kappa shape index (κ1) is 23.1. The molecule has 0 bridgehead atoms. The second-order valence-corrected chi connectivity index (χ2v) is 8.29. The zero-order valence-electron chi connectivity index (χ0n) is 19.2. The summed E-state index contributed by atoms with van der Waals surface area (Å²) in [6, 6.07) is 9.66. The Balaban J connectivity index is 1.90. The van der Waals surface area contributed by atoms with Crippen molar-refractivity contribution < 1.29 is 18.7 Å². The van der Waals surface area contributed by atoms with E-state index in [0.717, 1.165) is 18.7 Å². The van der Waals surface area contributed by atoms with Gasteiger partial charge in [-0.25, -0.2) is 0 Å². The van der Waals surface area contributed by atoms with Gasteiger partial charge < -0.3 is 23.7 Å². The largest absolute Gasteiger partial charge is 0.493 e. The van der Waals surface area contributed by atoms with E-state index in [1.54, 1.807) is 49.5 Å². The van der Waals surface area contributed by atoms with Crippen molar-refractivity contribution in [3.63, 3.8) is 0 Å². The maximum atomic E-state index is 13.6. The van der Waals surface area contributed by atoms with Gasteiger partial charge >= 0.3 is 0 Å². The molecule has 0 saturated carbocycles. The number of benzene rings is 2. The molecule has 0 fully saturated rings. The van der Waals surface area contributed by atoms with Gasteiger partial charge in [-0.3, -0.25) is 9.59 Å². The van der Waals surface area contributed by atoms with Crippen LogP contribution in [0, 0.1) is 0 Å². The number of hydrogen-bond donors (Lipinski definition) is 0. The van der Waals surface area contributed by atoms with Gasteiger partial charge in [-0.15, -0.1) is 0 Å². The van der Waals surface area contributed by atoms with Gasteiger partial charge in [0.25, 0.3) is 5.91 Å². The van der Waals surface area contributed by atoms with Crippen LogP contribution in [-0.4, -0.2) is 56.1 Å². The van der Waals surface area contributed by atoms with E-state index in [9.17, 15) is 9.59 Å².